The lowest BCUT2D eigenvalue weighted by atomic mass is 10.2. The molecule has 1 atom stereocenters. The Morgan fingerprint density at radius 2 is 1.96 bits per heavy atom. The van der Waals surface area contributed by atoms with Gasteiger partial charge in [-0.3, -0.25) is 4.79 Å². The number of para-hydroxylation sites is 3. The van der Waals surface area contributed by atoms with E-state index in [1.807, 2.05) is 42.5 Å². The van der Waals surface area contributed by atoms with Gasteiger partial charge in [0.2, 0.25) is 6.10 Å². The van der Waals surface area contributed by atoms with Crippen molar-refractivity contribution in [2.75, 3.05) is 6.61 Å². The maximum atomic E-state index is 12.2. The Kier molecular flexibility index (Phi) is 4.41. The second kappa shape index (κ2) is 7.01. The number of aromatic nitrogens is 1. The Morgan fingerprint density at radius 1 is 1.19 bits per heavy atom. The van der Waals surface area contributed by atoms with Crippen molar-refractivity contribution in [2.24, 2.45) is 5.10 Å². The van der Waals surface area contributed by atoms with Gasteiger partial charge in [0.05, 0.1) is 11.7 Å². The molecule has 6 nitrogen and oxygen atoms in total. The van der Waals surface area contributed by atoms with Gasteiger partial charge in [0.25, 0.3) is 5.91 Å². The molecule has 0 spiro atoms. The minimum atomic E-state index is -0.771. The maximum absolute atomic E-state index is 12.2. The van der Waals surface area contributed by atoms with Crippen LogP contribution in [0.4, 0.5) is 0 Å². The zero-order chi connectivity index (χ0) is 17.9. The highest BCUT2D eigenvalue weighted by Crippen LogP contribution is 2.30. The summed E-state index contributed by atoms with van der Waals surface area (Å²) in [6, 6.07) is 16.7. The SMILES string of the molecule is O=C(N/N=C\c1cc2ccccc2nc1Cl)[C@H]1COc2ccccc2O1. The normalized spacial score (nSPS) is 16.0. The highest BCUT2D eigenvalue weighted by molar-refractivity contribution is 6.32. The molecule has 2 heterocycles. The summed E-state index contributed by atoms with van der Waals surface area (Å²) in [7, 11) is 0. The van der Waals surface area contributed by atoms with Crippen LogP contribution in [-0.4, -0.2) is 29.8 Å². The summed E-state index contributed by atoms with van der Waals surface area (Å²) in [6.07, 6.45) is 0.685. The number of halogens is 1. The number of nitrogens with one attached hydrogen (secondary N) is 1. The molecule has 0 saturated heterocycles. The molecule has 2 aromatic carbocycles. The number of rotatable bonds is 3. The third kappa shape index (κ3) is 3.32. The van der Waals surface area contributed by atoms with E-state index in [0.29, 0.717) is 22.2 Å². The molecule has 3 aromatic rings. The van der Waals surface area contributed by atoms with Gasteiger partial charge in [-0.1, -0.05) is 41.9 Å². The van der Waals surface area contributed by atoms with Crippen molar-refractivity contribution in [1.82, 2.24) is 10.4 Å². The summed E-state index contributed by atoms with van der Waals surface area (Å²) in [5, 5.41) is 5.20. The molecule has 7 heteroatoms. The van der Waals surface area contributed by atoms with Crippen LogP contribution in [0.3, 0.4) is 0 Å². The van der Waals surface area contributed by atoms with E-state index in [-0.39, 0.29) is 6.61 Å². The number of hydrazone groups is 1. The zero-order valence-corrected chi connectivity index (χ0v) is 14.3. The summed E-state index contributed by atoms with van der Waals surface area (Å²) in [6.45, 7) is 0.122. The third-order valence-electron chi connectivity index (χ3n) is 3.88. The average Bonchev–Trinajstić information content (AvgIpc) is 2.68. The molecule has 0 bridgehead atoms. The lowest BCUT2D eigenvalue weighted by Crippen LogP contribution is -2.42. The number of nitrogens with zero attached hydrogens (tertiary/aromatic N) is 2. The Bertz CT molecular complexity index is 1010. The van der Waals surface area contributed by atoms with Gasteiger partial charge in [0.15, 0.2) is 11.5 Å². The Morgan fingerprint density at radius 3 is 2.85 bits per heavy atom. The van der Waals surface area contributed by atoms with Crippen molar-refractivity contribution in [3.05, 3.63) is 65.3 Å². The van der Waals surface area contributed by atoms with Crippen LogP contribution >= 0.6 is 11.6 Å². The first-order valence-electron chi connectivity index (χ1n) is 7.97. The summed E-state index contributed by atoms with van der Waals surface area (Å²) < 4.78 is 11.1. The number of benzene rings is 2. The molecule has 0 saturated carbocycles. The summed E-state index contributed by atoms with van der Waals surface area (Å²) >= 11 is 6.16. The van der Waals surface area contributed by atoms with E-state index in [2.05, 4.69) is 15.5 Å². The summed E-state index contributed by atoms with van der Waals surface area (Å²) in [5.74, 6) is 0.749. The van der Waals surface area contributed by atoms with Gasteiger partial charge in [-0.25, -0.2) is 10.4 Å². The van der Waals surface area contributed by atoms with Crippen molar-refractivity contribution in [1.29, 1.82) is 0 Å². The van der Waals surface area contributed by atoms with Crippen LogP contribution in [-0.2, 0) is 4.79 Å². The first kappa shape index (κ1) is 16.4. The fraction of sp³-hybridized carbons (Fsp3) is 0.105. The van der Waals surface area contributed by atoms with Gasteiger partial charge < -0.3 is 9.47 Å². The molecular weight excluding hydrogens is 354 g/mol. The van der Waals surface area contributed by atoms with Crippen molar-refractivity contribution in [3.8, 4) is 11.5 Å². The number of amides is 1. The molecule has 1 aromatic heterocycles. The number of carbonyl (C=O) groups is 1. The van der Waals surface area contributed by atoms with Crippen LogP contribution in [0.1, 0.15) is 5.56 Å². The van der Waals surface area contributed by atoms with Gasteiger partial charge in [-0.05, 0) is 24.3 Å². The van der Waals surface area contributed by atoms with E-state index in [0.717, 1.165) is 10.9 Å². The third-order valence-corrected chi connectivity index (χ3v) is 4.19. The van der Waals surface area contributed by atoms with E-state index < -0.39 is 12.0 Å². The first-order valence-corrected chi connectivity index (χ1v) is 8.35. The quantitative estimate of drug-likeness (QED) is 0.438. The fourth-order valence-electron chi connectivity index (χ4n) is 2.59. The van der Waals surface area contributed by atoms with Crippen molar-refractivity contribution in [3.63, 3.8) is 0 Å². The molecule has 0 aliphatic carbocycles. The molecule has 1 amide bonds. The molecule has 0 unspecified atom stereocenters. The second-order valence-electron chi connectivity index (χ2n) is 5.66. The average molecular weight is 368 g/mol. The summed E-state index contributed by atoms with van der Waals surface area (Å²) in [4.78, 5) is 16.5. The van der Waals surface area contributed by atoms with Crippen LogP contribution in [0.25, 0.3) is 10.9 Å². The minimum absolute atomic E-state index is 0.122. The summed E-state index contributed by atoms with van der Waals surface area (Å²) in [5.41, 5.74) is 3.85. The number of hydrogen-bond acceptors (Lipinski definition) is 5. The molecule has 26 heavy (non-hydrogen) atoms. The molecule has 130 valence electrons. The smallest absolute Gasteiger partial charge is 0.284 e. The molecule has 1 aliphatic heterocycles. The van der Waals surface area contributed by atoms with E-state index in [4.69, 9.17) is 21.1 Å². The van der Waals surface area contributed by atoms with Crippen LogP contribution in [0, 0.1) is 0 Å². The highest BCUT2D eigenvalue weighted by atomic mass is 35.5. The number of pyridine rings is 1. The zero-order valence-electron chi connectivity index (χ0n) is 13.6. The fourth-order valence-corrected chi connectivity index (χ4v) is 2.78. The maximum Gasteiger partial charge on any atom is 0.284 e. The lowest BCUT2D eigenvalue weighted by Gasteiger charge is -2.24. The van der Waals surface area contributed by atoms with Gasteiger partial charge in [-0.15, -0.1) is 0 Å². The van der Waals surface area contributed by atoms with Crippen LogP contribution in [0.5, 0.6) is 11.5 Å². The van der Waals surface area contributed by atoms with Crippen LogP contribution in [0.2, 0.25) is 5.15 Å². The van der Waals surface area contributed by atoms with E-state index in [1.165, 1.54) is 6.21 Å². The van der Waals surface area contributed by atoms with E-state index in [1.54, 1.807) is 12.1 Å². The molecule has 1 N–H and O–H groups in total. The van der Waals surface area contributed by atoms with Gasteiger partial charge in [0.1, 0.15) is 11.8 Å². The molecule has 0 fully saturated rings. The number of hydrogen-bond donors (Lipinski definition) is 1. The van der Waals surface area contributed by atoms with Crippen LogP contribution in [0.15, 0.2) is 59.7 Å². The van der Waals surface area contributed by atoms with Crippen molar-refractivity contribution < 1.29 is 14.3 Å². The largest absolute Gasteiger partial charge is 0.485 e. The first-order chi connectivity index (χ1) is 12.7. The Hall–Kier alpha value is -3.12. The second-order valence-corrected chi connectivity index (χ2v) is 6.02. The molecule has 4 rings (SSSR count). The predicted molar refractivity (Wildman–Crippen MR) is 98.8 cm³/mol. The molecular formula is C19H14ClN3O3. The van der Waals surface area contributed by atoms with Crippen molar-refractivity contribution >= 4 is 34.6 Å². The predicted octanol–water partition coefficient (Wildman–Crippen LogP) is 3.18. The number of fused-ring (bicyclic) bond motifs is 2. The van der Waals surface area contributed by atoms with Gasteiger partial charge >= 0.3 is 0 Å². The number of ether oxygens (including phenoxy) is 2. The Balaban J connectivity index is 1.44. The van der Waals surface area contributed by atoms with Gasteiger partial charge in [-0.2, -0.15) is 5.10 Å². The van der Waals surface area contributed by atoms with Gasteiger partial charge in [0, 0.05) is 10.9 Å². The van der Waals surface area contributed by atoms with E-state index >= 15 is 0 Å². The standard InChI is InChI=1S/C19H14ClN3O3/c20-18-13(9-12-5-1-2-6-14(12)22-18)10-21-23-19(24)17-11-25-15-7-3-4-8-16(15)26-17/h1-10,17H,11H2,(H,23,24)/b21-10-/t17-/m1/s1. The monoisotopic (exact) mass is 367 g/mol. The topological polar surface area (TPSA) is 72.8 Å². The minimum Gasteiger partial charge on any atom is -0.485 e. The Labute approximate surface area is 154 Å². The molecule has 0 radical (unpaired) electrons. The van der Waals surface area contributed by atoms with Crippen LogP contribution < -0.4 is 14.9 Å². The highest BCUT2D eigenvalue weighted by Gasteiger charge is 2.26. The van der Waals surface area contributed by atoms with E-state index in [9.17, 15) is 4.79 Å². The van der Waals surface area contributed by atoms with Crippen molar-refractivity contribution in [2.45, 2.75) is 6.10 Å². The lowest BCUT2D eigenvalue weighted by molar-refractivity contribution is -0.130. The molecule has 1 aliphatic rings. The number of carbonyl (C=O) groups excluding carboxylic acids is 1.